The fourth-order valence-corrected chi connectivity index (χ4v) is 4.73. The second-order valence-electron chi connectivity index (χ2n) is 6.48. The largest absolute Gasteiger partial charge is 0.340 e. The van der Waals surface area contributed by atoms with Crippen LogP contribution >= 0.6 is 11.8 Å². The van der Waals surface area contributed by atoms with Gasteiger partial charge in [-0.2, -0.15) is 4.31 Å². The summed E-state index contributed by atoms with van der Waals surface area (Å²) >= 11 is 1.51. The van der Waals surface area contributed by atoms with E-state index in [9.17, 15) is 18.0 Å². The van der Waals surface area contributed by atoms with Gasteiger partial charge in [-0.05, 0) is 42.7 Å². The number of nitrogens with one attached hydrogen (secondary N) is 1. The van der Waals surface area contributed by atoms with E-state index in [1.165, 1.54) is 47.3 Å². The molecule has 8 nitrogen and oxygen atoms in total. The first kappa shape index (κ1) is 21.3. The summed E-state index contributed by atoms with van der Waals surface area (Å²) in [7, 11) is -3.67. The third kappa shape index (κ3) is 4.95. The van der Waals surface area contributed by atoms with Crippen molar-refractivity contribution in [3.63, 3.8) is 0 Å². The average molecular weight is 435 g/mol. The van der Waals surface area contributed by atoms with Gasteiger partial charge in [0.15, 0.2) is 0 Å². The van der Waals surface area contributed by atoms with Gasteiger partial charge in [0, 0.05) is 38.7 Å². The third-order valence-electron chi connectivity index (χ3n) is 4.64. The predicted molar refractivity (Wildman–Crippen MR) is 111 cm³/mol. The lowest BCUT2D eigenvalue weighted by Gasteiger charge is -2.33. The van der Waals surface area contributed by atoms with E-state index in [0.29, 0.717) is 24.3 Å². The molecule has 1 aromatic carbocycles. The lowest BCUT2D eigenvalue weighted by Crippen LogP contribution is -2.49. The van der Waals surface area contributed by atoms with E-state index in [1.807, 2.05) is 12.3 Å². The van der Waals surface area contributed by atoms with E-state index in [4.69, 9.17) is 0 Å². The topological polar surface area (TPSA) is 99.7 Å². The summed E-state index contributed by atoms with van der Waals surface area (Å²) in [5.41, 5.74) is 0.909. The van der Waals surface area contributed by atoms with E-state index >= 15 is 0 Å². The van der Waals surface area contributed by atoms with Crippen LogP contribution in [0.5, 0.6) is 0 Å². The summed E-state index contributed by atoms with van der Waals surface area (Å²) in [5, 5.41) is 3.59. The van der Waals surface area contributed by atoms with E-state index < -0.39 is 10.0 Å². The molecule has 154 valence electrons. The standard InChI is InChI=1S/C19H22N4O4S2/c1-14(24)22-9-11-23(12-10-22)29(26,27)17-6-3-15(4-7-17)19(25)21-16-5-8-18(28-2)20-13-16/h3-8,13H,9-12H2,1-2H3,(H,21,25). The number of nitrogens with zero attached hydrogens (tertiary/aromatic N) is 3. The molecule has 10 heteroatoms. The zero-order valence-electron chi connectivity index (χ0n) is 16.2. The van der Waals surface area contributed by atoms with Crippen molar-refractivity contribution >= 4 is 39.3 Å². The van der Waals surface area contributed by atoms with Crippen LogP contribution in [-0.4, -0.2) is 66.9 Å². The van der Waals surface area contributed by atoms with Gasteiger partial charge in [0.05, 0.1) is 21.8 Å². The number of hydrogen-bond acceptors (Lipinski definition) is 6. The van der Waals surface area contributed by atoms with Crippen molar-refractivity contribution in [2.45, 2.75) is 16.8 Å². The van der Waals surface area contributed by atoms with E-state index in [-0.39, 0.29) is 29.8 Å². The SMILES string of the molecule is CSc1ccc(NC(=O)c2ccc(S(=O)(=O)N3CCN(C(C)=O)CC3)cc2)cn1. The van der Waals surface area contributed by atoms with E-state index in [1.54, 1.807) is 17.2 Å². The number of hydrogen-bond donors (Lipinski definition) is 1. The summed E-state index contributed by atoms with van der Waals surface area (Å²) in [6, 6.07) is 9.39. The molecular formula is C19H22N4O4S2. The lowest BCUT2D eigenvalue weighted by atomic mass is 10.2. The molecule has 0 spiro atoms. The van der Waals surface area contributed by atoms with Crippen molar-refractivity contribution in [1.29, 1.82) is 0 Å². The maximum absolute atomic E-state index is 12.8. The highest BCUT2D eigenvalue weighted by Crippen LogP contribution is 2.19. The predicted octanol–water partition coefficient (Wildman–Crippen LogP) is 1.91. The molecule has 0 bridgehead atoms. The van der Waals surface area contributed by atoms with Gasteiger partial charge in [-0.3, -0.25) is 9.59 Å². The number of amides is 2. The normalized spacial score (nSPS) is 15.2. The molecular weight excluding hydrogens is 412 g/mol. The second kappa shape index (κ2) is 8.93. The Kier molecular flexibility index (Phi) is 6.56. The van der Waals surface area contributed by atoms with Gasteiger partial charge in [-0.15, -0.1) is 11.8 Å². The molecule has 3 rings (SSSR count). The van der Waals surface area contributed by atoms with Crippen molar-refractivity contribution in [3.05, 3.63) is 48.2 Å². The van der Waals surface area contributed by atoms with Crippen LogP contribution in [0.15, 0.2) is 52.5 Å². The Hall–Kier alpha value is -2.43. The Balaban J connectivity index is 1.67. The van der Waals surface area contributed by atoms with Gasteiger partial charge in [-0.1, -0.05) is 0 Å². The van der Waals surface area contributed by atoms with Gasteiger partial charge in [0.2, 0.25) is 15.9 Å². The Bertz CT molecular complexity index is 984. The first-order chi connectivity index (χ1) is 13.8. The number of rotatable bonds is 5. The van der Waals surface area contributed by atoms with Crippen molar-refractivity contribution in [2.75, 3.05) is 37.8 Å². The first-order valence-corrected chi connectivity index (χ1v) is 11.6. The van der Waals surface area contributed by atoms with E-state index in [0.717, 1.165) is 5.03 Å². The number of aromatic nitrogens is 1. The average Bonchev–Trinajstić information content (AvgIpc) is 2.74. The van der Waals surface area contributed by atoms with Gasteiger partial charge in [0.1, 0.15) is 0 Å². The molecule has 1 aromatic heterocycles. The Morgan fingerprint density at radius 1 is 1.03 bits per heavy atom. The summed E-state index contributed by atoms with van der Waals surface area (Å²) in [4.78, 5) is 29.7. The zero-order valence-corrected chi connectivity index (χ0v) is 17.8. The molecule has 0 atom stereocenters. The van der Waals surface area contributed by atoms with Gasteiger partial charge in [0.25, 0.3) is 5.91 Å². The number of anilines is 1. The van der Waals surface area contributed by atoms with Gasteiger partial charge in [-0.25, -0.2) is 13.4 Å². The summed E-state index contributed by atoms with van der Waals surface area (Å²) in [6.07, 6.45) is 3.49. The lowest BCUT2D eigenvalue weighted by molar-refractivity contribution is -0.129. The maximum Gasteiger partial charge on any atom is 0.255 e. The van der Waals surface area contributed by atoms with Crippen molar-refractivity contribution < 1.29 is 18.0 Å². The number of sulfonamides is 1. The number of thioether (sulfide) groups is 1. The number of benzene rings is 1. The smallest absolute Gasteiger partial charge is 0.255 e. The van der Waals surface area contributed by atoms with E-state index in [2.05, 4.69) is 10.3 Å². The third-order valence-corrected chi connectivity index (χ3v) is 7.21. The number of carbonyl (C=O) groups excluding carboxylic acids is 2. The highest BCUT2D eigenvalue weighted by molar-refractivity contribution is 7.98. The molecule has 0 aliphatic carbocycles. The monoisotopic (exact) mass is 434 g/mol. The molecule has 2 aromatic rings. The quantitative estimate of drug-likeness (QED) is 0.722. The molecule has 0 saturated carbocycles. The van der Waals surface area contributed by atoms with Crippen LogP contribution in [0.4, 0.5) is 5.69 Å². The molecule has 1 N–H and O–H groups in total. The minimum atomic E-state index is -3.67. The summed E-state index contributed by atoms with van der Waals surface area (Å²) in [6.45, 7) is 2.73. The molecule has 1 aliphatic heterocycles. The molecule has 1 saturated heterocycles. The Morgan fingerprint density at radius 2 is 1.69 bits per heavy atom. The van der Waals surface area contributed by atoms with Crippen LogP contribution in [0.25, 0.3) is 0 Å². The van der Waals surface area contributed by atoms with Crippen LogP contribution < -0.4 is 5.32 Å². The Morgan fingerprint density at radius 3 is 2.21 bits per heavy atom. The van der Waals surface area contributed by atoms with Crippen LogP contribution in [0.1, 0.15) is 17.3 Å². The van der Waals surface area contributed by atoms with Crippen LogP contribution in [0.3, 0.4) is 0 Å². The fourth-order valence-electron chi connectivity index (χ4n) is 2.95. The van der Waals surface area contributed by atoms with Crippen molar-refractivity contribution in [3.8, 4) is 0 Å². The number of pyridine rings is 1. The molecule has 2 amide bonds. The second-order valence-corrected chi connectivity index (χ2v) is 9.24. The highest BCUT2D eigenvalue weighted by atomic mass is 32.2. The zero-order chi connectivity index (χ0) is 21.0. The molecule has 0 radical (unpaired) electrons. The fraction of sp³-hybridized carbons (Fsp3) is 0.316. The molecule has 2 heterocycles. The first-order valence-electron chi connectivity index (χ1n) is 8.98. The maximum atomic E-state index is 12.8. The minimum absolute atomic E-state index is 0.0595. The van der Waals surface area contributed by atoms with Crippen molar-refractivity contribution in [1.82, 2.24) is 14.2 Å². The van der Waals surface area contributed by atoms with Crippen LogP contribution in [0, 0.1) is 0 Å². The molecule has 1 aliphatic rings. The summed E-state index contributed by atoms with van der Waals surface area (Å²) < 4.78 is 27.0. The summed E-state index contributed by atoms with van der Waals surface area (Å²) in [5.74, 6) is -0.404. The molecule has 0 unspecified atom stereocenters. The van der Waals surface area contributed by atoms with Crippen LogP contribution in [-0.2, 0) is 14.8 Å². The van der Waals surface area contributed by atoms with Gasteiger partial charge < -0.3 is 10.2 Å². The van der Waals surface area contributed by atoms with Crippen molar-refractivity contribution in [2.24, 2.45) is 0 Å². The van der Waals surface area contributed by atoms with Crippen LogP contribution in [0.2, 0.25) is 0 Å². The highest BCUT2D eigenvalue weighted by Gasteiger charge is 2.29. The Labute approximate surface area is 174 Å². The molecule has 29 heavy (non-hydrogen) atoms. The minimum Gasteiger partial charge on any atom is -0.340 e. The van der Waals surface area contributed by atoms with Gasteiger partial charge >= 0.3 is 0 Å². The molecule has 1 fully saturated rings. The number of piperazine rings is 1. The number of carbonyl (C=O) groups is 2.